The van der Waals surface area contributed by atoms with E-state index in [9.17, 15) is 14.7 Å². The van der Waals surface area contributed by atoms with Gasteiger partial charge in [0.25, 0.3) is 5.91 Å². The molecule has 3 N–H and O–H groups in total. The van der Waals surface area contributed by atoms with Gasteiger partial charge < -0.3 is 10.4 Å². The maximum absolute atomic E-state index is 12.3. The molecule has 0 aliphatic rings. The summed E-state index contributed by atoms with van der Waals surface area (Å²) in [5, 5.41) is 19.6. The molecule has 0 bridgehead atoms. The van der Waals surface area contributed by atoms with E-state index in [1.54, 1.807) is 6.07 Å². The molecule has 0 spiro atoms. The predicted octanol–water partition coefficient (Wildman–Crippen LogP) is 2.24. The normalized spacial score (nSPS) is 12.0. The molecule has 3 aromatic rings. The number of aliphatic carboxylic acids is 1. The highest BCUT2D eigenvalue weighted by Crippen LogP contribution is 2.15. The summed E-state index contributed by atoms with van der Waals surface area (Å²) in [4.78, 5) is 23.8. The summed E-state index contributed by atoms with van der Waals surface area (Å²) in [6.45, 7) is 0.0459. The lowest BCUT2D eigenvalue weighted by Gasteiger charge is -2.13. The van der Waals surface area contributed by atoms with Crippen molar-refractivity contribution in [2.75, 3.05) is 6.54 Å². The number of carboxylic acids is 1. The number of nitrogens with one attached hydrogen (secondary N) is 2. The first kappa shape index (κ1) is 15.7. The molecule has 1 heterocycles. The van der Waals surface area contributed by atoms with Crippen molar-refractivity contribution >= 4 is 22.8 Å². The van der Waals surface area contributed by atoms with Crippen LogP contribution in [0.25, 0.3) is 10.9 Å². The van der Waals surface area contributed by atoms with Gasteiger partial charge in [-0.15, -0.1) is 0 Å². The summed E-state index contributed by atoms with van der Waals surface area (Å²) in [6.07, 6.45) is 0.359. The van der Waals surface area contributed by atoms with Gasteiger partial charge in [0.15, 0.2) is 5.69 Å². The fraction of sp³-hybridized carbons (Fsp3) is 0.167. The molecule has 3 rings (SSSR count). The average Bonchev–Trinajstić information content (AvgIpc) is 3.03. The fourth-order valence-electron chi connectivity index (χ4n) is 2.58. The molecule has 6 heteroatoms. The summed E-state index contributed by atoms with van der Waals surface area (Å²) < 4.78 is 0. The average molecular weight is 323 g/mol. The molecule has 0 fully saturated rings. The fourth-order valence-corrected chi connectivity index (χ4v) is 2.58. The number of carbonyl (C=O) groups is 2. The highest BCUT2D eigenvalue weighted by atomic mass is 16.4. The molecular formula is C18H17N3O3. The van der Waals surface area contributed by atoms with Crippen molar-refractivity contribution in [3.8, 4) is 0 Å². The summed E-state index contributed by atoms with van der Waals surface area (Å²) in [6, 6.07) is 16.7. The zero-order valence-corrected chi connectivity index (χ0v) is 12.9. The Morgan fingerprint density at radius 1 is 1.08 bits per heavy atom. The molecule has 0 unspecified atom stereocenters. The third-order valence-corrected chi connectivity index (χ3v) is 3.87. The van der Waals surface area contributed by atoms with E-state index in [2.05, 4.69) is 15.5 Å². The summed E-state index contributed by atoms with van der Waals surface area (Å²) >= 11 is 0. The number of aromatic amines is 1. The minimum absolute atomic E-state index is 0.0459. The summed E-state index contributed by atoms with van der Waals surface area (Å²) in [5.41, 5.74) is 1.96. The number of nitrogens with zero attached hydrogens (tertiary/aromatic N) is 1. The third kappa shape index (κ3) is 3.43. The van der Waals surface area contributed by atoms with Crippen LogP contribution in [0.2, 0.25) is 0 Å². The van der Waals surface area contributed by atoms with Crippen LogP contribution < -0.4 is 5.32 Å². The Labute approximate surface area is 138 Å². The third-order valence-electron chi connectivity index (χ3n) is 3.87. The van der Waals surface area contributed by atoms with Crippen molar-refractivity contribution < 1.29 is 14.7 Å². The first-order valence-corrected chi connectivity index (χ1v) is 7.63. The minimum atomic E-state index is -0.939. The molecule has 0 saturated heterocycles. The van der Waals surface area contributed by atoms with E-state index in [0.717, 1.165) is 11.1 Å². The monoisotopic (exact) mass is 323 g/mol. The molecule has 24 heavy (non-hydrogen) atoms. The molecule has 122 valence electrons. The van der Waals surface area contributed by atoms with Crippen molar-refractivity contribution in [2.24, 2.45) is 5.92 Å². The molecule has 1 amide bonds. The number of rotatable bonds is 6. The van der Waals surface area contributed by atoms with Gasteiger partial charge in [-0.05, 0) is 18.1 Å². The summed E-state index contributed by atoms with van der Waals surface area (Å²) in [5.74, 6) is -2.01. The van der Waals surface area contributed by atoms with E-state index in [-0.39, 0.29) is 18.1 Å². The molecule has 2 aromatic carbocycles. The van der Waals surface area contributed by atoms with E-state index in [1.165, 1.54) is 0 Å². The van der Waals surface area contributed by atoms with Gasteiger partial charge >= 0.3 is 5.97 Å². The maximum Gasteiger partial charge on any atom is 0.308 e. The standard InChI is InChI=1S/C18H17N3O3/c22-17(16-14-8-4-5-9-15(14)20-21-16)19-11-13(18(23)24)10-12-6-2-1-3-7-12/h1-9,13H,10-11H2,(H,19,22)(H,20,21)(H,23,24)/t13-/m1/s1. The SMILES string of the molecule is O=C(NC[C@@H](Cc1ccccc1)C(=O)O)c1n[nH]c2ccccc12. The Morgan fingerprint density at radius 2 is 1.79 bits per heavy atom. The second-order valence-corrected chi connectivity index (χ2v) is 5.55. The number of fused-ring (bicyclic) bond motifs is 1. The van der Waals surface area contributed by atoms with Crippen LogP contribution in [-0.2, 0) is 11.2 Å². The van der Waals surface area contributed by atoms with Crippen LogP contribution in [0.3, 0.4) is 0 Å². The van der Waals surface area contributed by atoms with Gasteiger partial charge in [0.1, 0.15) is 0 Å². The highest BCUT2D eigenvalue weighted by molar-refractivity contribution is 6.04. The van der Waals surface area contributed by atoms with Gasteiger partial charge in [-0.3, -0.25) is 14.7 Å². The van der Waals surface area contributed by atoms with Crippen molar-refractivity contribution in [3.63, 3.8) is 0 Å². The molecule has 6 nitrogen and oxygen atoms in total. The van der Waals surface area contributed by atoms with E-state index in [0.29, 0.717) is 11.8 Å². The molecule has 0 aliphatic carbocycles. The Bertz CT molecular complexity index is 858. The van der Waals surface area contributed by atoms with Crippen LogP contribution >= 0.6 is 0 Å². The number of amides is 1. The molecule has 0 saturated carbocycles. The quantitative estimate of drug-likeness (QED) is 0.648. The van der Waals surface area contributed by atoms with Crippen LogP contribution in [-0.4, -0.2) is 33.7 Å². The number of para-hydroxylation sites is 1. The lowest BCUT2D eigenvalue weighted by atomic mass is 9.99. The number of aromatic nitrogens is 2. The van der Waals surface area contributed by atoms with Crippen molar-refractivity contribution in [1.82, 2.24) is 15.5 Å². The number of H-pyrrole nitrogens is 1. The van der Waals surface area contributed by atoms with E-state index >= 15 is 0 Å². The lowest BCUT2D eigenvalue weighted by Crippen LogP contribution is -2.34. The van der Waals surface area contributed by atoms with Gasteiger partial charge in [0.05, 0.1) is 11.4 Å². The number of benzene rings is 2. The van der Waals surface area contributed by atoms with Crippen LogP contribution in [0.1, 0.15) is 16.1 Å². The second kappa shape index (κ2) is 6.95. The smallest absolute Gasteiger partial charge is 0.308 e. The second-order valence-electron chi connectivity index (χ2n) is 5.55. The number of hydrogen-bond donors (Lipinski definition) is 3. The highest BCUT2D eigenvalue weighted by Gasteiger charge is 2.21. The Morgan fingerprint density at radius 3 is 2.54 bits per heavy atom. The Hall–Kier alpha value is -3.15. The van der Waals surface area contributed by atoms with Gasteiger partial charge in [0.2, 0.25) is 0 Å². The molecule has 0 radical (unpaired) electrons. The number of carbonyl (C=O) groups excluding carboxylic acids is 1. The number of hydrogen-bond acceptors (Lipinski definition) is 3. The zero-order valence-electron chi connectivity index (χ0n) is 12.9. The van der Waals surface area contributed by atoms with E-state index in [1.807, 2.05) is 48.5 Å². The van der Waals surface area contributed by atoms with Crippen molar-refractivity contribution in [2.45, 2.75) is 6.42 Å². The molecule has 0 aliphatic heterocycles. The first-order valence-electron chi connectivity index (χ1n) is 7.63. The van der Waals surface area contributed by atoms with Gasteiger partial charge in [-0.25, -0.2) is 0 Å². The van der Waals surface area contributed by atoms with E-state index in [4.69, 9.17) is 0 Å². The first-order chi connectivity index (χ1) is 11.6. The predicted molar refractivity (Wildman–Crippen MR) is 89.7 cm³/mol. The van der Waals surface area contributed by atoms with Gasteiger partial charge in [0, 0.05) is 11.9 Å². The zero-order chi connectivity index (χ0) is 16.9. The minimum Gasteiger partial charge on any atom is -0.481 e. The largest absolute Gasteiger partial charge is 0.481 e. The van der Waals surface area contributed by atoms with Gasteiger partial charge in [-0.2, -0.15) is 5.10 Å². The lowest BCUT2D eigenvalue weighted by molar-refractivity contribution is -0.141. The maximum atomic E-state index is 12.3. The van der Waals surface area contributed by atoms with Gasteiger partial charge in [-0.1, -0.05) is 48.5 Å². The molecular weight excluding hydrogens is 306 g/mol. The Kier molecular flexibility index (Phi) is 4.56. The van der Waals surface area contributed by atoms with Crippen molar-refractivity contribution in [1.29, 1.82) is 0 Å². The van der Waals surface area contributed by atoms with Crippen molar-refractivity contribution in [3.05, 3.63) is 65.9 Å². The van der Waals surface area contributed by atoms with Crippen LogP contribution in [0.4, 0.5) is 0 Å². The van der Waals surface area contributed by atoms with Crippen LogP contribution in [0, 0.1) is 5.92 Å². The number of carboxylic acid groups (broad SMARTS) is 1. The van der Waals surface area contributed by atoms with E-state index < -0.39 is 11.9 Å². The Balaban J connectivity index is 1.68. The molecule has 1 aromatic heterocycles. The van der Waals surface area contributed by atoms with Crippen LogP contribution in [0.5, 0.6) is 0 Å². The topological polar surface area (TPSA) is 95.1 Å². The summed E-state index contributed by atoms with van der Waals surface area (Å²) in [7, 11) is 0. The molecule has 1 atom stereocenters. The van der Waals surface area contributed by atoms with Crippen LogP contribution in [0.15, 0.2) is 54.6 Å².